The number of nitrogens with zero attached hydrogens (tertiary/aromatic N) is 2. The maximum atomic E-state index is 6.56. The molecule has 0 fully saturated rings. The molecule has 9 aromatic carbocycles. The van der Waals surface area contributed by atoms with E-state index in [0.29, 0.717) is 5.89 Å². The van der Waals surface area contributed by atoms with Gasteiger partial charge in [0.05, 0.1) is 0 Å². The van der Waals surface area contributed by atoms with Crippen molar-refractivity contribution in [1.29, 1.82) is 0 Å². The molecule has 0 N–H and O–H groups in total. The Balaban J connectivity index is 1.07. The van der Waals surface area contributed by atoms with Gasteiger partial charge in [-0.05, 0) is 105 Å². The summed E-state index contributed by atoms with van der Waals surface area (Å²) in [6.45, 7) is 0. The Bertz CT molecular complexity index is 3120. The third-order valence-corrected chi connectivity index (χ3v) is 10.4. The van der Waals surface area contributed by atoms with Crippen molar-refractivity contribution in [2.24, 2.45) is 0 Å². The summed E-state index contributed by atoms with van der Waals surface area (Å²) >= 11 is 0. The van der Waals surface area contributed by atoms with Crippen LogP contribution in [0.2, 0.25) is 0 Å². The third kappa shape index (κ3) is 4.73. The zero-order valence-electron chi connectivity index (χ0n) is 28.5. The van der Waals surface area contributed by atoms with Crippen LogP contribution in [-0.2, 0) is 0 Å². The Kier molecular flexibility index (Phi) is 6.52. The van der Waals surface area contributed by atoms with Crippen LogP contribution in [0.4, 0.5) is 17.1 Å². The van der Waals surface area contributed by atoms with Gasteiger partial charge in [-0.1, -0.05) is 109 Å². The summed E-state index contributed by atoms with van der Waals surface area (Å²) in [5, 5.41) is 8.94. The number of benzene rings is 9. The van der Waals surface area contributed by atoms with Crippen LogP contribution in [0.3, 0.4) is 0 Å². The molecular formula is C49H30N2O2. The van der Waals surface area contributed by atoms with Gasteiger partial charge in [0, 0.05) is 44.2 Å². The summed E-state index contributed by atoms with van der Waals surface area (Å²) in [7, 11) is 0. The highest BCUT2D eigenvalue weighted by atomic mass is 16.3. The van der Waals surface area contributed by atoms with Crippen molar-refractivity contribution in [3.8, 4) is 22.6 Å². The monoisotopic (exact) mass is 678 g/mol. The lowest BCUT2D eigenvalue weighted by atomic mass is 9.93. The molecule has 0 atom stereocenters. The van der Waals surface area contributed by atoms with Crippen LogP contribution in [-0.4, -0.2) is 4.98 Å². The van der Waals surface area contributed by atoms with Gasteiger partial charge in [-0.15, -0.1) is 0 Å². The summed E-state index contributed by atoms with van der Waals surface area (Å²) in [6.07, 6.45) is 0. The molecule has 248 valence electrons. The van der Waals surface area contributed by atoms with Crippen LogP contribution in [0.25, 0.3) is 87.9 Å². The van der Waals surface area contributed by atoms with Crippen molar-refractivity contribution >= 4 is 82.4 Å². The maximum absolute atomic E-state index is 6.56. The molecule has 0 saturated carbocycles. The lowest BCUT2D eigenvalue weighted by Crippen LogP contribution is -2.09. The van der Waals surface area contributed by atoms with Crippen LogP contribution in [0.1, 0.15) is 0 Å². The maximum Gasteiger partial charge on any atom is 0.227 e. The minimum Gasteiger partial charge on any atom is -0.456 e. The Labute approximate surface area is 304 Å². The normalized spacial score (nSPS) is 11.8. The molecule has 0 aliphatic rings. The Morgan fingerprint density at radius 3 is 1.79 bits per heavy atom. The van der Waals surface area contributed by atoms with Crippen molar-refractivity contribution in [2.45, 2.75) is 0 Å². The van der Waals surface area contributed by atoms with E-state index in [-0.39, 0.29) is 0 Å². The fourth-order valence-electron chi connectivity index (χ4n) is 7.96. The van der Waals surface area contributed by atoms with Gasteiger partial charge < -0.3 is 13.7 Å². The summed E-state index contributed by atoms with van der Waals surface area (Å²) in [4.78, 5) is 7.43. The van der Waals surface area contributed by atoms with Crippen molar-refractivity contribution in [3.05, 3.63) is 182 Å². The van der Waals surface area contributed by atoms with E-state index in [1.165, 1.54) is 0 Å². The minimum atomic E-state index is 0.626. The molecule has 0 aliphatic carbocycles. The molecule has 0 radical (unpaired) electrons. The van der Waals surface area contributed by atoms with E-state index in [9.17, 15) is 0 Å². The third-order valence-electron chi connectivity index (χ3n) is 10.4. The second-order valence-corrected chi connectivity index (χ2v) is 13.5. The summed E-state index contributed by atoms with van der Waals surface area (Å²) < 4.78 is 13.1. The van der Waals surface area contributed by atoms with Crippen LogP contribution in [0, 0.1) is 0 Å². The number of furan rings is 1. The quantitative estimate of drug-likeness (QED) is 0.170. The van der Waals surface area contributed by atoms with Crippen molar-refractivity contribution in [2.75, 3.05) is 4.90 Å². The van der Waals surface area contributed by atoms with Crippen LogP contribution < -0.4 is 4.90 Å². The lowest BCUT2D eigenvalue weighted by Gasteiger charge is -2.25. The van der Waals surface area contributed by atoms with E-state index in [2.05, 4.69) is 144 Å². The highest BCUT2D eigenvalue weighted by molar-refractivity contribution is 6.29. The lowest BCUT2D eigenvalue weighted by molar-refractivity contribution is 0.623. The fraction of sp³-hybridized carbons (Fsp3) is 0. The zero-order chi connectivity index (χ0) is 34.9. The first-order valence-corrected chi connectivity index (χ1v) is 17.9. The first kappa shape index (κ1) is 29.5. The molecule has 2 aromatic heterocycles. The molecule has 0 saturated heterocycles. The number of oxazole rings is 1. The smallest absolute Gasteiger partial charge is 0.227 e. The Morgan fingerprint density at radius 1 is 0.377 bits per heavy atom. The average Bonchev–Trinajstić information content (AvgIpc) is 3.84. The molecule has 2 heterocycles. The molecule has 0 spiro atoms. The van der Waals surface area contributed by atoms with Crippen LogP contribution in [0.15, 0.2) is 191 Å². The summed E-state index contributed by atoms with van der Waals surface area (Å²) in [5.41, 5.74) is 9.85. The van der Waals surface area contributed by atoms with Gasteiger partial charge in [0.1, 0.15) is 16.7 Å². The highest BCUT2D eigenvalue weighted by Crippen LogP contribution is 2.43. The number of rotatable bonds is 5. The van der Waals surface area contributed by atoms with E-state index in [1.54, 1.807) is 0 Å². The minimum absolute atomic E-state index is 0.626. The van der Waals surface area contributed by atoms with Gasteiger partial charge in [0.15, 0.2) is 5.58 Å². The SMILES string of the molecule is c1ccc(-c2nc3c(o2)c2ccccc2c2ccc4ccc(-c5ccc6c(c5)oc5ccc(N(c7ccccc7)c7ccccc7)cc56)cc4c23)cc1. The van der Waals surface area contributed by atoms with Gasteiger partial charge in [-0.3, -0.25) is 0 Å². The zero-order valence-corrected chi connectivity index (χ0v) is 28.5. The van der Waals surface area contributed by atoms with E-state index in [0.717, 1.165) is 99.1 Å². The average molecular weight is 679 g/mol. The van der Waals surface area contributed by atoms with Gasteiger partial charge in [-0.25, -0.2) is 4.98 Å². The fourth-order valence-corrected chi connectivity index (χ4v) is 7.96. The summed E-state index contributed by atoms with van der Waals surface area (Å²) in [5.74, 6) is 0.626. The standard InChI is InChI=1S/C49H30N2O2/c1-4-12-32(13-5-1)49-50-47-46-40(38-18-10-11-19-41(38)48(47)53-49)26-22-31-20-21-33(28-42(31)46)34-23-25-39-43-30-37(24-27-44(43)52-45(39)29-34)51(35-14-6-2-7-15-35)36-16-8-3-9-17-36/h1-30H. The molecule has 11 rings (SSSR count). The second-order valence-electron chi connectivity index (χ2n) is 13.5. The molecule has 11 aromatic rings. The van der Waals surface area contributed by atoms with Gasteiger partial charge in [0.2, 0.25) is 5.89 Å². The number of aromatic nitrogens is 1. The molecular weight excluding hydrogens is 649 g/mol. The molecule has 0 unspecified atom stereocenters. The highest BCUT2D eigenvalue weighted by Gasteiger charge is 2.19. The molecule has 4 nitrogen and oxygen atoms in total. The van der Waals surface area contributed by atoms with Crippen molar-refractivity contribution < 1.29 is 8.83 Å². The first-order valence-electron chi connectivity index (χ1n) is 17.9. The second kappa shape index (κ2) is 11.7. The number of anilines is 3. The number of para-hydroxylation sites is 2. The topological polar surface area (TPSA) is 42.4 Å². The number of hydrogen-bond donors (Lipinski definition) is 0. The first-order chi connectivity index (χ1) is 26.3. The molecule has 0 amide bonds. The molecule has 4 heteroatoms. The number of fused-ring (bicyclic) bond motifs is 11. The molecule has 0 bridgehead atoms. The Morgan fingerprint density at radius 2 is 1.02 bits per heavy atom. The van der Waals surface area contributed by atoms with Gasteiger partial charge >= 0.3 is 0 Å². The number of hydrogen-bond acceptors (Lipinski definition) is 4. The van der Waals surface area contributed by atoms with Crippen LogP contribution >= 0.6 is 0 Å². The van der Waals surface area contributed by atoms with Crippen molar-refractivity contribution in [3.63, 3.8) is 0 Å². The van der Waals surface area contributed by atoms with Crippen LogP contribution in [0.5, 0.6) is 0 Å². The van der Waals surface area contributed by atoms with Gasteiger partial charge in [0.25, 0.3) is 0 Å². The van der Waals surface area contributed by atoms with E-state index in [1.807, 2.05) is 42.5 Å². The summed E-state index contributed by atoms with van der Waals surface area (Å²) in [6, 6.07) is 63.7. The van der Waals surface area contributed by atoms with Crippen molar-refractivity contribution in [1.82, 2.24) is 4.98 Å². The largest absolute Gasteiger partial charge is 0.456 e. The van der Waals surface area contributed by atoms with Gasteiger partial charge in [-0.2, -0.15) is 0 Å². The van der Waals surface area contributed by atoms with E-state index >= 15 is 0 Å². The Hall–Kier alpha value is -7.17. The van der Waals surface area contributed by atoms with E-state index in [4.69, 9.17) is 13.8 Å². The molecule has 53 heavy (non-hydrogen) atoms. The predicted molar refractivity (Wildman–Crippen MR) is 219 cm³/mol. The van der Waals surface area contributed by atoms with E-state index < -0.39 is 0 Å². The predicted octanol–water partition coefficient (Wildman–Crippen LogP) is 14.0. The molecule has 0 aliphatic heterocycles.